The molecule has 0 aliphatic rings. The van der Waals surface area contributed by atoms with Crippen molar-refractivity contribution in [3.8, 4) is 0 Å². The van der Waals surface area contributed by atoms with E-state index in [0.717, 1.165) is 5.56 Å². The molecule has 0 aliphatic carbocycles. The summed E-state index contributed by atoms with van der Waals surface area (Å²) in [7, 11) is 0. The maximum Gasteiger partial charge on any atom is 0.187 e. The summed E-state index contributed by atoms with van der Waals surface area (Å²) in [6.45, 7) is 1.98. The predicted octanol–water partition coefficient (Wildman–Crippen LogP) is 1.65. The molecule has 0 atom stereocenters. The predicted molar refractivity (Wildman–Crippen MR) is 48.8 cm³/mol. The van der Waals surface area contributed by atoms with Crippen molar-refractivity contribution in [1.29, 1.82) is 0 Å². The second-order valence-corrected chi connectivity index (χ2v) is 2.59. The number of hydrogen-bond acceptors (Lipinski definition) is 2. The molecule has 0 unspecified atom stereocenters. The smallest absolute Gasteiger partial charge is 0.187 e. The lowest BCUT2D eigenvalue weighted by Crippen LogP contribution is -1.95. The van der Waals surface area contributed by atoms with Crippen molar-refractivity contribution in [1.82, 2.24) is 0 Å². The van der Waals surface area contributed by atoms with Gasteiger partial charge in [0.15, 0.2) is 5.78 Å². The van der Waals surface area contributed by atoms with Gasteiger partial charge < -0.3 is 5.73 Å². The third-order valence-electron chi connectivity index (χ3n) is 1.58. The first kappa shape index (κ1) is 8.53. The Labute approximate surface area is 71.7 Å². The molecular formula is C10H11NO. The largest absolute Gasteiger partial charge is 0.404 e. The van der Waals surface area contributed by atoms with E-state index in [1.165, 1.54) is 12.3 Å². The minimum Gasteiger partial charge on any atom is -0.404 e. The molecule has 12 heavy (non-hydrogen) atoms. The van der Waals surface area contributed by atoms with Gasteiger partial charge in [0.05, 0.1) is 0 Å². The third kappa shape index (κ3) is 1.95. The summed E-state index contributed by atoms with van der Waals surface area (Å²) in [6.07, 6.45) is 2.60. The number of aryl methyl sites for hydroxylation is 1. The van der Waals surface area contributed by atoms with Crippen LogP contribution in [0.2, 0.25) is 0 Å². The van der Waals surface area contributed by atoms with Crippen molar-refractivity contribution in [2.45, 2.75) is 6.92 Å². The van der Waals surface area contributed by atoms with Gasteiger partial charge in [-0.1, -0.05) is 29.8 Å². The van der Waals surface area contributed by atoms with Crippen molar-refractivity contribution < 1.29 is 4.79 Å². The molecule has 0 radical (unpaired) electrons. The third-order valence-corrected chi connectivity index (χ3v) is 1.58. The molecule has 0 fully saturated rings. The molecule has 1 aromatic rings. The molecule has 2 heteroatoms. The van der Waals surface area contributed by atoms with Gasteiger partial charge in [0.1, 0.15) is 0 Å². The van der Waals surface area contributed by atoms with E-state index in [4.69, 9.17) is 5.73 Å². The van der Waals surface area contributed by atoms with Crippen LogP contribution in [0.4, 0.5) is 0 Å². The van der Waals surface area contributed by atoms with E-state index < -0.39 is 0 Å². The Balaban J connectivity index is 2.90. The van der Waals surface area contributed by atoms with Gasteiger partial charge in [0, 0.05) is 11.6 Å². The second kappa shape index (κ2) is 3.72. The summed E-state index contributed by atoms with van der Waals surface area (Å²) in [4.78, 5) is 11.2. The number of benzene rings is 1. The first-order valence-electron chi connectivity index (χ1n) is 3.73. The van der Waals surface area contributed by atoms with Gasteiger partial charge in [-0.05, 0) is 13.1 Å². The van der Waals surface area contributed by atoms with Crippen LogP contribution in [0.15, 0.2) is 36.5 Å². The maximum atomic E-state index is 11.2. The number of rotatable bonds is 2. The summed E-state index contributed by atoms with van der Waals surface area (Å²) in [6, 6.07) is 7.38. The van der Waals surface area contributed by atoms with Crippen molar-refractivity contribution >= 4 is 5.78 Å². The minimum absolute atomic E-state index is 0.0579. The maximum absolute atomic E-state index is 11.2. The fourth-order valence-corrected chi connectivity index (χ4v) is 0.901. The van der Waals surface area contributed by atoms with E-state index in [2.05, 4.69) is 0 Å². The highest BCUT2D eigenvalue weighted by Crippen LogP contribution is 2.03. The molecule has 0 saturated carbocycles. The molecular weight excluding hydrogens is 150 g/mol. The molecule has 0 aliphatic heterocycles. The van der Waals surface area contributed by atoms with Gasteiger partial charge in [-0.25, -0.2) is 0 Å². The molecule has 0 heterocycles. The van der Waals surface area contributed by atoms with Crippen molar-refractivity contribution in [2.24, 2.45) is 5.73 Å². The van der Waals surface area contributed by atoms with E-state index in [1.807, 2.05) is 19.1 Å². The number of allylic oxidation sites excluding steroid dienone is 1. The Bertz CT molecular complexity index is 298. The van der Waals surface area contributed by atoms with Crippen LogP contribution in [0, 0.1) is 6.92 Å². The zero-order valence-electron chi connectivity index (χ0n) is 6.95. The van der Waals surface area contributed by atoms with Gasteiger partial charge in [-0.15, -0.1) is 0 Å². The molecule has 0 spiro atoms. The van der Waals surface area contributed by atoms with Crippen molar-refractivity contribution in [3.63, 3.8) is 0 Å². The number of nitrogens with two attached hydrogens (primary N) is 1. The van der Waals surface area contributed by atoms with Crippen LogP contribution in [0.5, 0.6) is 0 Å². The standard InChI is InChI=1S/C10H11NO/c1-8-2-4-9(5-3-8)10(12)6-7-11/h2-7H,11H2,1H3. The normalized spacial score (nSPS) is 10.4. The lowest BCUT2D eigenvalue weighted by molar-refractivity contribution is 0.104. The second-order valence-electron chi connectivity index (χ2n) is 2.59. The highest BCUT2D eigenvalue weighted by molar-refractivity contribution is 6.04. The SMILES string of the molecule is Cc1ccc(C(=O)C=CN)cc1. The van der Waals surface area contributed by atoms with Gasteiger partial charge in [-0.2, -0.15) is 0 Å². The molecule has 0 amide bonds. The van der Waals surface area contributed by atoms with Crippen LogP contribution in [0.25, 0.3) is 0 Å². The fourth-order valence-electron chi connectivity index (χ4n) is 0.901. The topological polar surface area (TPSA) is 43.1 Å². The van der Waals surface area contributed by atoms with E-state index in [0.29, 0.717) is 5.56 Å². The number of carbonyl (C=O) groups excluding carboxylic acids is 1. The van der Waals surface area contributed by atoms with Crippen LogP contribution < -0.4 is 5.73 Å². The molecule has 1 aromatic carbocycles. The van der Waals surface area contributed by atoms with Gasteiger partial charge >= 0.3 is 0 Å². The highest BCUT2D eigenvalue weighted by atomic mass is 16.1. The minimum atomic E-state index is -0.0579. The fraction of sp³-hybridized carbons (Fsp3) is 0.100. The lowest BCUT2D eigenvalue weighted by atomic mass is 10.1. The monoisotopic (exact) mass is 161 g/mol. The summed E-state index contributed by atoms with van der Waals surface area (Å²) in [5.41, 5.74) is 6.91. The van der Waals surface area contributed by atoms with Gasteiger partial charge in [0.2, 0.25) is 0 Å². The highest BCUT2D eigenvalue weighted by Gasteiger charge is 1.98. The Hall–Kier alpha value is -1.57. The van der Waals surface area contributed by atoms with Crippen LogP contribution in [0.1, 0.15) is 15.9 Å². The molecule has 0 bridgehead atoms. The average molecular weight is 161 g/mol. The molecule has 0 saturated heterocycles. The Morgan fingerprint density at radius 1 is 1.33 bits per heavy atom. The van der Waals surface area contributed by atoms with Crippen LogP contribution in [0.3, 0.4) is 0 Å². The first-order valence-corrected chi connectivity index (χ1v) is 3.73. The summed E-state index contributed by atoms with van der Waals surface area (Å²) < 4.78 is 0. The lowest BCUT2D eigenvalue weighted by Gasteiger charge is -1.95. The van der Waals surface area contributed by atoms with Gasteiger partial charge in [0.25, 0.3) is 0 Å². The van der Waals surface area contributed by atoms with Crippen LogP contribution in [-0.2, 0) is 0 Å². The number of hydrogen-bond donors (Lipinski definition) is 1. The van der Waals surface area contributed by atoms with Crippen LogP contribution >= 0.6 is 0 Å². The van der Waals surface area contributed by atoms with Gasteiger partial charge in [-0.3, -0.25) is 4.79 Å². The quantitative estimate of drug-likeness (QED) is 0.529. The molecule has 2 nitrogen and oxygen atoms in total. The van der Waals surface area contributed by atoms with E-state index in [1.54, 1.807) is 12.1 Å². The zero-order chi connectivity index (χ0) is 8.97. The van der Waals surface area contributed by atoms with Crippen molar-refractivity contribution in [3.05, 3.63) is 47.7 Å². The molecule has 0 aromatic heterocycles. The van der Waals surface area contributed by atoms with Crippen molar-refractivity contribution in [2.75, 3.05) is 0 Å². The summed E-state index contributed by atoms with van der Waals surface area (Å²) in [5, 5.41) is 0. The Kier molecular flexibility index (Phi) is 2.64. The number of ketones is 1. The van der Waals surface area contributed by atoms with Crippen LogP contribution in [-0.4, -0.2) is 5.78 Å². The molecule has 2 N–H and O–H groups in total. The van der Waals surface area contributed by atoms with E-state index in [-0.39, 0.29) is 5.78 Å². The first-order chi connectivity index (χ1) is 5.74. The molecule has 62 valence electrons. The zero-order valence-corrected chi connectivity index (χ0v) is 6.95. The van der Waals surface area contributed by atoms with E-state index in [9.17, 15) is 4.79 Å². The summed E-state index contributed by atoms with van der Waals surface area (Å²) in [5.74, 6) is -0.0579. The summed E-state index contributed by atoms with van der Waals surface area (Å²) >= 11 is 0. The molecule has 1 rings (SSSR count). The Morgan fingerprint density at radius 2 is 1.92 bits per heavy atom. The van der Waals surface area contributed by atoms with E-state index >= 15 is 0 Å². The Morgan fingerprint density at radius 3 is 2.42 bits per heavy atom. The number of carbonyl (C=O) groups is 1. The average Bonchev–Trinajstić information content (AvgIpc) is 2.06.